The molecule has 0 bridgehead atoms. The fourth-order valence-corrected chi connectivity index (χ4v) is 3.30. The van der Waals surface area contributed by atoms with Crippen LogP contribution >= 0.6 is 0 Å². The van der Waals surface area contributed by atoms with E-state index < -0.39 is 0 Å². The SMILES string of the molecule is CN=C(NCCCOCc1ccco1)NCc1ccccc1OC1CCCC1. The van der Waals surface area contributed by atoms with Gasteiger partial charge in [-0.15, -0.1) is 0 Å². The van der Waals surface area contributed by atoms with Crippen molar-refractivity contribution in [2.45, 2.75) is 51.4 Å². The van der Waals surface area contributed by atoms with Crippen molar-refractivity contribution >= 4 is 5.96 Å². The molecule has 3 rings (SSSR count). The lowest BCUT2D eigenvalue weighted by atomic mass is 10.2. The van der Waals surface area contributed by atoms with Crippen LogP contribution in [0.5, 0.6) is 5.75 Å². The highest BCUT2D eigenvalue weighted by Crippen LogP contribution is 2.26. The van der Waals surface area contributed by atoms with E-state index in [0.29, 0.717) is 25.9 Å². The molecule has 2 aromatic rings. The minimum atomic E-state index is 0.361. The fraction of sp³-hybridized carbons (Fsp3) is 0.500. The van der Waals surface area contributed by atoms with Gasteiger partial charge in [-0.3, -0.25) is 4.99 Å². The van der Waals surface area contributed by atoms with Crippen molar-refractivity contribution in [3.8, 4) is 5.75 Å². The Morgan fingerprint density at radius 1 is 1.14 bits per heavy atom. The molecule has 152 valence electrons. The van der Waals surface area contributed by atoms with E-state index >= 15 is 0 Å². The highest BCUT2D eigenvalue weighted by Gasteiger charge is 2.17. The number of para-hydroxylation sites is 1. The van der Waals surface area contributed by atoms with Crippen LogP contribution in [0, 0.1) is 0 Å². The molecule has 1 heterocycles. The van der Waals surface area contributed by atoms with Crippen LogP contribution in [-0.4, -0.2) is 32.3 Å². The summed E-state index contributed by atoms with van der Waals surface area (Å²) in [6, 6.07) is 12.0. The Hall–Kier alpha value is -2.47. The van der Waals surface area contributed by atoms with Gasteiger partial charge in [-0.2, -0.15) is 0 Å². The number of guanidine groups is 1. The normalized spacial score (nSPS) is 15.0. The van der Waals surface area contributed by atoms with Crippen LogP contribution in [-0.2, 0) is 17.9 Å². The van der Waals surface area contributed by atoms with Crippen molar-refractivity contribution in [2.75, 3.05) is 20.2 Å². The highest BCUT2D eigenvalue weighted by molar-refractivity contribution is 5.79. The molecule has 1 aromatic carbocycles. The summed E-state index contributed by atoms with van der Waals surface area (Å²) in [5, 5.41) is 6.69. The molecule has 1 aliphatic carbocycles. The van der Waals surface area contributed by atoms with Gasteiger partial charge in [0, 0.05) is 32.3 Å². The Balaban J connectivity index is 1.35. The van der Waals surface area contributed by atoms with Gasteiger partial charge in [0.1, 0.15) is 18.1 Å². The van der Waals surface area contributed by atoms with Crippen molar-refractivity contribution in [3.63, 3.8) is 0 Å². The first kappa shape index (κ1) is 20.3. The zero-order valence-electron chi connectivity index (χ0n) is 16.7. The van der Waals surface area contributed by atoms with Crippen molar-refractivity contribution in [1.29, 1.82) is 0 Å². The number of furan rings is 1. The molecule has 0 radical (unpaired) electrons. The number of nitrogens with one attached hydrogen (secondary N) is 2. The lowest BCUT2D eigenvalue weighted by Crippen LogP contribution is -2.37. The molecule has 0 aliphatic heterocycles. The number of hydrogen-bond acceptors (Lipinski definition) is 4. The van der Waals surface area contributed by atoms with Crippen LogP contribution in [0.2, 0.25) is 0 Å². The maximum absolute atomic E-state index is 6.20. The highest BCUT2D eigenvalue weighted by atomic mass is 16.5. The Bertz CT molecular complexity index is 710. The van der Waals surface area contributed by atoms with Crippen molar-refractivity contribution < 1.29 is 13.9 Å². The third kappa shape index (κ3) is 6.60. The Morgan fingerprint density at radius 3 is 2.79 bits per heavy atom. The summed E-state index contributed by atoms with van der Waals surface area (Å²) in [5.41, 5.74) is 1.15. The first-order valence-electron chi connectivity index (χ1n) is 10.1. The van der Waals surface area contributed by atoms with Gasteiger partial charge in [-0.25, -0.2) is 0 Å². The number of nitrogens with zero attached hydrogens (tertiary/aromatic N) is 1. The molecule has 0 amide bonds. The summed E-state index contributed by atoms with van der Waals surface area (Å²) in [6.45, 7) is 2.65. The van der Waals surface area contributed by atoms with Gasteiger partial charge in [0.15, 0.2) is 5.96 Å². The maximum atomic E-state index is 6.20. The number of rotatable bonds is 10. The number of aliphatic imine (C=N–C) groups is 1. The average molecular weight is 386 g/mol. The van der Waals surface area contributed by atoms with E-state index in [1.807, 2.05) is 24.3 Å². The summed E-state index contributed by atoms with van der Waals surface area (Å²) in [5.74, 6) is 2.61. The molecule has 1 saturated carbocycles. The second-order valence-electron chi connectivity index (χ2n) is 6.97. The first-order valence-corrected chi connectivity index (χ1v) is 10.1. The molecule has 28 heavy (non-hydrogen) atoms. The van der Waals surface area contributed by atoms with Gasteiger partial charge >= 0.3 is 0 Å². The first-order chi connectivity index (χ1) is 13.8. The van der Waals surface area contributed by atoms with Gasteiger partial charge in [0.2, 0.25) is 0 Å². The van der Waals surface area contributed by atoms with Gasteiger partial charge < -0.3 is 24.5 Å². The van der Waals surface area contributed by atoms with E-state index in [2.05, 4.69) is 27.8 Å². The number of benzene rings is 1. The predicted molar refractivity (Wildman–Crippen MR) is 111 cm³/mol. The summed E-state index contributed by atoms with van der Waals surface area (Å²) in [4.78, 5) is 4.29. The molecule has 0 atom stereocenters. The lowest BCUT2D eigenvalue weighted by molar-refractivity contribution is 0.105. The zero-order chi connectivity index (χ0) is 19.4. The van der Waals surface area contributed by atoms with E-state index in [1.54, 1.807) is 13.3 Å². The lowest BCUT2D eigenvalue weighted by Gasteiger charge is -2.18. The quantitative estimate of drug-likeness (QED) is 0.369. The molecule has 6 heteroatoms. The molecule has 0 saturated heterocycles. The van der Waals surface area contributed by atoms with E-state index in [4.69, 9.17) is 13.9 Å². The van der Waals surface area contributed by atoms with Crippen molar-refractivity contribution in [3.05, 3.63) is 54.0 Å². The molecular formula is C22H31N3O3. The van der Waals surface area contributed by atoms with Crippen LogP contribution in [0.15, 0.2) is 52.1 Å². The molecule has 1 aromatic heterocycles. The number of hydrogen-bond donors (Lipinski definition) is 2. The average Bonchev–Trinajstić information content (AvgIpc) is 3.42. The van der Waals surface area contributed by atoms with Crippen LogP contribution < -0.4 is 15.4 Å². The van der Waals surface area contributed by atoms with E-state index in [9.17, 15) is 0 Å². The smallest absolute Gasteiger partial charge is 0.191 e. The Morgan fingerprint density at radius 2 is 2.00 bits per heavy atom. The molecule has 6 nitrogen and oxygen atoms in total. The van der Waals surface area contributed by atoms with Gasteiger partial charge in [-0.1, -0.05) is 18.2 Å². The summed E-state index contributed by atoms with van der Waals surface area (Å²) in [7, 11) is 1.78. The number of ether oxygens (including phenoxy) is 2. The minimum absolute atomic E-state index is 0.361. The Kier molecular flexibility index (Phi) is 8.25. The Labute approximate surface area is 167 Å². The van der Waals surface area contributed by atoms with Crippen LogP contribution in [0.1, 0.15) is 43.4 Å². The van der Waals surface area contributed by atoms with Crippen molar-refractivity contribution in [2.24, 2.45) is 4.99 Å². The van der Waals surface area contributed by atoms with Gasteiger partial charge in [0.05, 0.1) is 12.4 Å². The van der Waals surface area contributed by atoms with Crippen LogP contribution in [0.4, 0.5) is 0 Å². The minimum Gasteiger partial charge on any atom is -0.490 e. The summed E-state index contributed by atoms with van der Waals surface area (Å²) < 4.78 is 17.0. The van der Waals surface area contributed by atoms with E-state index in [0.717, 1.165) is 48.8 Å². The van der Waals surface area contributed by atoms with Crippen molar-refractivity contribution in [1.82, 2.24) is 10.6 Å². The second-order valence-corrected chi connectivity index (χ2v) is 6.97. The van der Waals surface area contributed by atoms with Gasteiger partial charge in [0.25, 0.3) is 0 Å². The predicted octanol–water partition coefficient (Wildman–Crippen LogP) is 3.87. The van der Waals surface area contributed by atoms with Crippen LogP contribution in [0.25, 0.3) is 0 Å². The molecule has 0 unspecified atom stereocenters. The second kappa shape index (κ2) is 11.4. The van der Waals surface area contributed by atoms with E-state index in [-0.39, 0.29) is 0 Å². The topological polar surface area (TPSA) is 68.0 Å². The third-order valence-electron chi connectivity index (χ3n) is 4.82. The summed E-state index contributed by atoms with van der Waals surface area (Å²) in [6.07, 6.45) is 7.77. The van der Waals surface area contributed by atoms with E-state index in [1.165, 1.54) is 12.8 Å². The molecular weight excluding hydrogens is 354 g/mol. The summed E-state index contributed by atoms with van der Waals surface area (Å²) >= 11 is 0. The molecule has 1 aliphatic rings. The van der Waals surface area contributed by atoms with Crippen LogP contribution in [0.3, 0.4) is 0 Å². The molecule has 2 N–H and O–H groups in total. The zero-order valence-corrected chi connectivity index (χ0v) is 16.7. The van der Waals surface area contributed by atoms with Gasteiger partial charge in [-0.05, 0) is 50.3 Å². The standard InChI is InChI=1S/C22H31N3O3/c1-23-22(24-13-7-14-26-17-20-11-6-15-27-20)25-16-18-8-2-5-12-21(18)28-19-9-3-4-10-19/h2,5-6,8,11-12,15,19H,3-4,7,9-10,13-14,16-17H2,1H3,(H2,23,24,25). The third-order valence-corrected chi connectivity index (χ3v) is 4.82. The fourth-order valence-electron chi connectivity index (χ4n) is 3.30. The molecule has 1 fully saturated rings. The monoisotopic (exact) mass is 385 g/mol. The molecule has 0 spiro atoms. The largest absolute Gasteiger partial charge is 0.490 e. The maximum Gasteiger partial charge on any atom is 0.191 e.